The van der Waals surface area contributed by atoms with Gasteiger partial charge in [-0.15, -0.1) is 0 Å². The van der Waals surface area contributed by atoms with E-state index in [-0.39, 0.29) is 93.8 Å². The van der Waals surface area contributed by atoms with Crippen LogP contribution in [0, 0.1) is 0 Å². The van der Waals surface area contributed by atoms with Crippen LogP contribution in [0.15, 0.2) is 376 Å². The normalized spacial score (nSPS) is 14.2. The van der Waals surface area contributed by atoms with Gasteiger partial charge in [0.15, 0.2) is 0 Å². The molecule has 4 heterocycles. The Morgan fingerprint density at radius 2 is 0.488 bits per heavy atom. The Labute approximate surface area is 765 Å². The molecular formula is C122H107BN4. The third kappa shape index (κ3) is 14.1. The molecule has 19 aromatic rings. The molecular weight excluding hydrogens is 1530 g/mol. The minimum absolute atomic E-state index is 0.0150. The van der Waals surface area contributed by atoms with Crippen LogP contribution in [0.4, 0.5) is 34.1 Å². The largest absolute Gasteiger partial charge is 0.310 e. The molecule has 0 saturated carbocycles. The van der Waals surface area contributed by atoms with E-state index >= 15 is 0 Å². The first-order valence-electron chi connectivity index (χ1n) is 49.9. The van der Waals surface area contributed by atoms with Crippen LogP contribution in [-0.4, -0.2) is 15.8 Å². The van der Waals surface area contributed by atoms with E-state index in [1.807, 2.05) is 123 Å². The minimum atomic E-state index is -0.822. The van der Waals surface area contributed by atoms with Gasteiger partial charge < -0.3 is 18.9 Å². The zero-order chi connectivity index (χ0) is 96.9. The van der Waals surface area contributed by atoms with Crippen molar-refractivity contribution in [1.82, 2.24) is 9.13 Å². The van der Waals surface area contributed by atoms with Gasteiger partial charge in [0.05, 0.1) is 48.5 Å². The number of anilines is 6. The second kappa shape index (κ2) is 30.4. The molecule has 5 heteroatoms. The fourth-order valence-electron chi connectivity index (χ4n) is 18.9. The van der Waals surface area contributed by atoms with E-state index in [0.29, 0.717) is 55.6 Å². The standard InChI is InChI=1S/C122H107BN4/c1-118(2,3)90-54-62-107-101(70-90)102-71-91(119(4,5)6)55-63-108(102)124(107)95-58-60-105-111(76-95)126(116-97(84-42-30-20-31-43-84)66-88(80-38-26-18-27-39-80)67-98(116)85-44-32-21-33-45-85)113-68-89(81-40-28-19-29-41-81)69-114-115(113)123(105)106-61-59-96(125-109-64-56-92(120(7,8)9)72-103(109)104-73-93(121(10,11)12)57-65-110(104)125)77-112(106)127(114)117-99(86-50-46-82(47-51-86)78-34-22-16-23-35-78)74-94(122(13,14)15)75-100(117)87-52-48-83(49-53-87)79-36-24-17-25-37-79/h16-77H,1-15H3/i54D,56D,57D,62D,63D,64D,65D,70D,71D,72D,73D. The van der Waals surface area contributed by atoms with Gasteiger partial charge in [0.1, 0.15) is 0 Å². The lowest BCUT2D eigenvalue weighted by molar-refractivity contribution is 0.590. The predicted molar refractivity (Wildman–Crippen MR) is 546 cm³/mol. The maximum Gasteiger partial charge on any atom is 0.252 e. The first-order valence-corrected chi connectivity index (χ1v) is 44.4. The van der Waals surface area contributed by atoms with Crippen molar-refractivity contribution in [2.24, 2.45) is 0 Å². The molecule has 0 fully saturated rings. The van der Waals surface area contributed by atoms with E-state index in [2.05, 4.69) is 304 Å². The Hall–Kier alpha value is -14.0. The van der Waals surface area contributed by atoms with Crippen LogP contribution in [0.2, 0.25) is 0 Å². The monoisotopic (exact) mass is 1650 g/mol. The average molecular weight is 1650 g/mol. The third-order valence-electron chi connectivity index (χ3n) is 25.8. The van der Waals surface area contributed by atoms with Crippen molar-refractivity contribution in [3.8, 4) is 100 Å². The molecule has 17 aromatic carbocycles. The molecule has 0 N–H and O–H groups in total. The summed E-state index contributed by atoms with van der Waals surface area (Å²) in [4.78, 5) is 4.94. The van der Waals surface area contributed by atoms with Crippen LogP contribution in [0.25, 0.3) is 144 Å². The lowest BCUT2D eigenvalue weighted by Gasteiger charge is -2.46. The molecule has 21 rings (SSSR count). The van der Waals surface area contributed by atoms with Crippen molar-refractivity contribution in [1.29, 1.82) is 0 Å². The predicted octanol–water partition coefficient (Wildman–Crippen LogP) is 31.8. The molecule has 0 spiro atoms. The van der Waals surface area contributed by atoms with Crippen LogP contribution < -0.4 is 26.2 Å². The molecule has 2 aromatic heterocycles. The molecule has 127 heavy (non-hydrogen) atoms. The lowest BCUT2D eigenvalue weighted by Crippen LogP contribution is -2.61. The number of aromatic nitrogens is 2. The summed E-state index contributed by atoms with van der Waals surface area (Å²) < 4.78 is 119. The number of nitrogens with zero attached hydrogens (tertiary/aromatic N) is 4. The van der Waals surface area contributed by atoms with Crippen LogP contribution >= 0.6 is 0 Å². The van der Waals surface area contributed by atoms with Gasteiger partial charge in [0.25, 0.3) is 6.71 Å². The molecule has 0 bridgehead atoms. The number of hydrogen-bond donors (Lipinski definition) is 0. The van der Waals surface area contributed by atoms with Gasteiger partial charge in [0.2, 0.25) is 0 Å². The maximum atomic E-state index is 10.6. The second-order valence-corrected chi connectivity index (χ2v) is 39.6. The van der Waals surface area contributed by atoms with Crippen molar-refractivity contribution in [2.45, 2.75) is 131 Å². The molecule has 0 saturated heterocycles. The fourth-order valence-corrected chi connectivity index (χ4v) is 18.9. The van der Waals surface area contributed by atoms with E-state index in [1.165, 1.54) is 0 Å². The topological polar surface area (TPSA) is 16.3 Å². The Balaban J connectivity index is 0.987. The van der Waals surface area contributed by atoms with E-state index in [9.17, 15) is 15.1 Å². The quantitative estimate of drug-likeness (QED) is 0.113. The number of hydrogen-bond acceptors (Lipinski definition) is 2. The van der Waals surface area contributed by atoms with Crippen LogP contribution in [0.3, 0.4) is 0 Å². The van der Waals surface area contributed by atoms with Gasteiger partial charge in [-0.2, -0.15) is 0 Å². The van der Waals surface area contributed by atoms with Gasteiger partial charge in [0, 0.05) is 77.9 Å². The molecule has 0 aliphatic carbocycles. The molecule has 0 radical (unpaired) electrons. The Kier molecular flexibility index (Phi) is 16.4. The van der Waals surface area contributed by atoms with Gasteiger partial charge in [-0.3, -0.25) is 0 Å². The fraction of sp³-hybridized carbons (Fsp3) is 0.164. The highest BCUT2D eigenvalue weighted by Gasteiger charge is 2.47. The Morgan fingerprint density at radius 1 is 0.220 bits per heavy atom. The molecule has 2 aliphatic rings. The Morgan fingerprint density at radius 3 is 0.819 bits per heavy atom. The number of rotatable bonds is 12. The van der Waals surface area contributed by atoms with E-state index < -0.39 is 33.8 Å². The van der Waals surface area contributed by atoms with Crippen molar-refractivity contribution in [3.05, 3.63) is 404 Å². The van der Waals surface area contributed by atoms with Crippen LogP contribution in [0.1, 0.15) is 147 Å². The summed E-state index contributed by atoms with van der Waals surface area (Å²) in [5.41, 5.74) is 23.7. The van der Waals surface area contributed by atoms with Crippen molar-refractivity contribution < 1.29 is 15.1 Å². The molecule has 0 atom stereocenters. The van der Waals surface area contributed by atoms with Gasteiger partial charge >= 0.3 is 0 Å². The highest BCUT2D eigenvalue weighted by molar-refractivity contribution is 7.00. The first kappa shape index (κ1) is 68.4. The van der Waals surface area contributed by atoms with E-state index in [1.54, 1.807) is 6.07 Å². The van der Waals surface area contributed by atoms with Gasteiger partial charge in [-0.1, -0.05) is 371 Å². The summed E-state index contributed by atoms with van der Waals surface area (Å²) in [6.45, 7) is 29.7. The minimum Gasteiger partial charge on any atom is -0.310 e. The Bertz CT molecular complexity index is 7970. The molecule has 0 unspecified atom stereocenters. The zero-order valence-electron chi connectivity index (χ0n) is 85.8. The van der Waals surface area contributed by atoms with Crippen LogP contribution in [-0.2, 0) is 27.1 Å². The maximum absolute atomic E-state index is 10.6. The van der Waals surface area contributed by atoms with Crippen molar-refractivity contribution >= 4 is 101 Å². The van der Waals surface area contributed by atoms with E-state index in [4.69, 9.17) is 0 Å². The van der Waals surface area contributed by atoms with Crippen molar-refractivity contribution in [2.75, 3.05) is 9.80 Å². The first-order chi connectivity index (χ1) is 65.8. The highest BCUT2D eigenvalue weighted by Crippen LogP contribution is 2.57. The summed E-state index contributed by atoms with van der Waals surface area (Å²) in [6, 6.07) is 109. The molecule has 4 nitrogen and oxygen atoms in total. The highest BCUT2D eigenvalue weighted by atomic mass is 15.2. The second-order valence-electron chi connectivity index (χ2n) is 39.6. The molecule has 0 amide bonds. The average Bonchev–Trinajstić information content (AvgIpc) is 1.18. The van der Waals surface area contributed by atoms with Gasteiger partial charge in [-0.05, 0) is 247 Å². The van der Waals surface area contributed by atoms with Gasteiger partial charge in [-0.25, -0.2) is 0 Å². The summed E-state index contributed by atoms with van der Waals surface area (Å²) in [7, 11) is 0. The summed E-state index contributed by atoms with van der Waals surface area (Å²) in [5, 5.41) is 1.21. The molecule has 2 aliphatic heterocycles. The summed E-state index contributed by atoms with van der Waals surface area (Å²) in [5.74, 6) is 0. The SMILES string of the molecule is [2H]c1c(C(C)(C)C)c([2H])c2c3c([2H])c(C(C)(C)C)cc([2H])c3n(-c3ccc4c(c3)N(c3c(-c5ccccc5)cc(-c5ccccc5)cc3-c3ccccc3)c3cc(-c5ccccc5)cc5c3B4c3ccc(-n4c6c([2H])c([2H])c(C(C)(C)C)c([2H])c6c6c([2H])c(C(C)(C)C)c([2H])c([2H])c64)cc3N5c3c(-c4ccc(-c5ccccc5)cc4)cc(C(C)(C)C)cc3-c3ccc(-c4ccccc4)cc3)c2c1[2H]. The smallest absolute Gasteiger partial charge is 0.252 e. The lowest BCUT2D eigenvalue weighted by atomic mass is 9.33. The third-order valence-corrected chi connectivity index (χ3v) is 25.8. The summed E-state index contributed by atoms with van der Waals surface area (Å²) in [6.07, 6.45) is 0. The number of benzene rings is 17. The zero-order valence-corrected chi connectivity index (χ0v) is 74.8. The molecule has 618 valence electrons. The van der Waals surface area contributed by atoms with Crippen LogP contribution in [0.5, 0.6) is 0 Å². The van der Waals surface area contributed by atoms with E-state index in [0.717, 1.165) is 139 Å². The summed E-state index contributed by atoms with van der Waals surface area (Å²) >= 11 is 0. The number of fused-ring (bicyclic) bond motifs is 10. The van der Waals surface area contributed by atoms with Crippen molar-refractivity contribution in [3.63, 3.8) is 0 Å².